The molecule has 0 unspecified atom stereocenters. The number of carbonyl (C=O) groups excluding carboxylic acids is 1. The summed E-state index contributed by atoms with van der Waals surface area (Å²) < 4.78 is 28.4. The Hall–Kier alpha value is -4.21. The van der Waals surface area contributed by atoms with Gasteiger partial charge in [0.1, 0.15) is 36.2 Å². The van der Waals surface area contributed by atoms with E-state index in [1.165, 1.54) is 0 Å². The summed E-state index contributed by atoms with van der Waals surface area (Å²) in [5.41, 5.74) is 5.92. The fraction of sp³-hybridized carbons (Fsp3) is 0.323. The van der Waals surface area contributed by atoms with Crippen LogP contribution in [0.3, 0.4) is 0 Å². The zero-order valence-electron chi connectivity index (χ0n) is 22.7. The molecule has 0 spiro atoms. The fourth-order valence-corrected chi connectivity index (χ4v) is 5.25. The number of benzene rings is 3. The van der Waals surface area contributed by atoms with E-state index in [1.807, 2.05) is 54.6 Å². The van der Waals surface area contributed by atoms with Gasteiger partial charge in [-0.15, -0.1) is 0 Å². The van der Waals surface area contributed by atoms with Crippen molar-refractivity contribution in [2.45, 2.75) is 13.2 Å². The maximum atomic E-state index is 13.1. The number of fused-ring (bicyclic) bond motifs is 2. The number of morpholine rings is 1. The van der Waals surface area contributed by atoms with Crippen molar-refractivity contribution in [2.24, 2.45) is 0 Å². The van der Waals surface area contributed by atoms with E-state index in [2.05, 4.69) is 15.5 Å². The van der Waals surface area contributed by atoms with E-state index in [4.69, 9.17) is 23.7 Å². The van der Waals surface area contributed by atoms with Gasteiger partial charge in [0.15, 0.2) is 0 Å². The Bertz CT molecular complexity index is 1450. The molecular formula is C31H33N3O6. The van der Waals surface area contributed by atoms with Crippen LogP contribution >= 0.6 is 0 Å². The summed E-state index contributed by atoms with van der Waals surface area (Å²) in [6, 6.07) is 17.5. The summed E-state index contributed by atoms with van der Waals surface area (Å²) in [4.78, 5) is 15.4. The summed E-state index contributed by atoms with van der Waals surface area (Å²) in [6.07, 6.45) is 0. The number of carbonyl (C=O) groups is 1. The molecule has 9 nitrogen and oxygen atoms in total. The highest BCUT2D eigenvalue weighted by Crippen LogP contribution is 2.43. The van der Waals surface area contributed by atoms with E-state index < -0.39 is 0 Å². The number of nitrogens with one attached hydrogen (secondary N) is 2. The molecule has 0 saturated carbocycles. The van der Waals surface area contributed by atoms with Crippen LogP contribution in [0.25, 0.3) is 11.3 Å². The molecule has 3 aromatic carbocycles. The molecule has 1 saturated heterocycles. The summed E-state index contributed by atoms with van der Waals surface area (Å²) >= 11 is 0. The summed E-state index contributed by atoms with van der Waals surface area (Å²) in [5.74, 6) is 2.71. The molecule has 2 N–H and O–H groups in total. The summed E-state index contributed by atoms with van der Waals surface area (Å²) in [5, 5.41) is 6.43. The zero-order valence-corrected chi connectivity index (χ0v) is 22.7. The van der Waals surface area contributed by atoms with Gasteiger partial charge < -0.3 is 34.3 Å². The Labute approximate surface area is 233 Å². The van der Waals surface area contributed by atoms with Gasteiger partial charge in [0, 0.05) is 65.9 Å². The minimum Gasteiger partial charge on any atom is -0.497 e. The van der Waals surface area contributed by atoms with Gasteiger partial charge in [-0.05, 0) is 48.5 Å². The topological polar surface area (TPSA) is 90.5 Å². The Balaban J connectivity index is 1.19. The minimum absolute atomic E-state index is 0.169. The van der Waals surface area contributed by atoms with Crippen molar-refractivity contribution in [1.29, 1.82) is 0 Å². The van der Waals surface area contributed by atoms with Gasteiger partial charge in [0.05, 0.1) is 33.0 Å². The van der Waals surface area contributed by atoms with Gasteiger partial charge in [-0.1, -0.05) is 0 Å². The minimum atomic E-state index is -0.169. The third kappa shape index (κ3) is 5.30. The molecule has 0 aliphatic carbocycles. The summed E-state index contributed by atoms with van der Waals surface area (Å²) in [7, 11) is 3.27. The maximum absolute atomic E-state index is 13.1. The van der Waals surface area contributed by atoms with Crippen molar-refractivity contribution < 1.29 is 28.5 Å². The van der Waals surface area contributed by atoms with Crippen molar-refractivity contribution >= 4 is 28.6 Å². The average Bonchev–Trinajstić information content (AvgIpc) is 3.55. The smallest absolute Gasteiger partial charge is 0.260 e. The van der Waals surface area contributed by atoms with Gasteiger partial charge >= 0.3 is 0 Å². The molecule has 3 aliphatic heterocycles. The van der Waals surface area contributed by atoms with Gasteiger partial charge in [-0.25, -0.2) is 0 Å². The van der Waals surface area contributed by atoms with Crippen molar-refractivity contribution in [1.82, 2.24) is 4.90 Å². The van der Waals surface area contributed by atoms with E-state index in [1.54, 1.807) is 14.2 Å². The van der Waals surface area contributed by atoms with Gasteiger partial charge in [0.25, 0.3) is 5.91 Å². The van der Waals surface area contributed by atoms with Crippen LogP contribution in [-0.4, -0.2) is 64.5 Å². The first-order chi connectivity index (χ1) is 19.6. The number of hydrogen-bond acceptors (Lipinski definition) is 8. The SMILES string of the molecule is COc1ccc(CNc2ccc3c(c2)C(=C2OCc4cc(OCCN5CCOCC5)ccc42)C(=O)N3)c(OC)c1. The fourth-order valence-electron chi connectivity index (χ4n) is 5.25. The van der Waals surface area contributed by atoms with Crippen molar-refractivity contribution in [3.05, 3.63) is 76.9 Å². The standard InChI is InChI=1S/C31H33N3O6/c1-36-23-5-3-20(28(17-23)37-2)18-32-22-4-8-27-26(16-22)29(31(35)33-27)30-25-7-6-24(15-21(25)19-40-30)39-14-11-34-9-12-38-13-10-34/h3-8,15-17,32H,9-14,18-19H2,1-2H3,(H,33,35). The van der Waals surface area contributed by atoms with Gasteiger partial charge in [-0.3, -0.25) is 9.69 Å². The predicted molar refractivity (Wildman–Crippen MR) is 153 cm³/mol. The average molecular weight is 544 g/mol. The van der Waals surface area contributed by atoms with Crippen LogP contribution in [-0.2, 0) is 27.4 Å². The molecule has 40 heavy (non-hydrogen) atoms. The molecule has 0 atom stereocenters. The van der Waals surface area contributed by atoms with Crippen molar-refractivity contribution in [3.63, 3.8) is 0 Å². The van der Waals surface area contributed by atoms with Crippen LogP contribution < -0.4 is 24.8 Å². The van der Waals surface area contributed by atoms with Crippen LogP contribution in [0.5, 0.6) is 17.2 Å². The molecule has 1 fully saturated rings. The Morgan fingerprint density at radius 2 is 1.80 bits per heavy atom. The van der Waals surface area contributed by atoms with Crippen LogP contribution in [0.1, 0.15) is 22.3 Å². The number of rotatable bonds is 9. The molecule has 3 aromatic rings. The Kier molecular flexibility index (Phi) is 7.48. The van der Waals surface area contributed by atoms with Crippen LogP contribution in [0.4, 0.5) is 11.4 Å². The van der Waals surface area contributed by atoms with Crippen LogP contribution in [0.15, 0.2) is 54.6 Å². The second-order valence-corrected chi connectivity index (χ2v) is 9.86. The molecule has 6 rings (SSSR count). The van der Waals surface area contributed by atoms with E-state index in [-0.39, 0.29) is 5.91 Å². The van der Waals surface area contributed by atoms with Crippen LogP contribution in [0.2, 0.25) is 0 Å². The quantitative estimate of drug-likeness (QED) is 0.385. The monoisotopic (exact) mass is 543 g/mol. The Morgan fingerprint density at radius 1 is 0.950 bits per heavy atom. The summed E-state index contributed by atoms with van der Waals surface area (Å²) in [6.45, 7) is 5.86. The van der Waals surface area contributed by atoms with E-state index in [0.29, 0.717) is 31.1 Å². The first-order valence-corrected chi connectivity index (χ1v) is 13.5. The third-order valence-corrected chi connectivity index (χ3v) is 7.44. The number of anilines is 2. The second kappa shape index (κ2) is 11.5. The van der Waals surface area contributed by atoms with E-state index in [0.717, 1.165) is 83.7 Å². The molecule has 0 bridgehead atoms. The highest BCUT2D eigenvalue weighted by molar-refractivity contribution is 6.36. The molecule has 208 valence electrons. The number of nitrogens with zero attached hydrogens (tertiary/aromatic N) is 1. The first kappa shape index (κ1) is 26.0. The van der Waals surface area contributed by atoms with Crippen LogP contribution in [0, 0.1) is 0 Å². The number of ether oxygens (including phenoxy) is 5. The largest absolute Gasteiger partial charge is 0.497 e. The normalized spacial score (nSPS) is 18.0. The van der Waals surface area contributed by atoms with E-state index in [9.17, 15) is 4.79 Å². The predicted octanol–water partition coefficient (Wildman–Crippen LogP) is 4.38. The van der Waals surface area contributed by atoms with Gasteiger partial charge in [-0.2, -0.15) is 0 Å². The second-order valence-electron chi connectivity index (χ2n) is 9.86. The number of amides is 1. The lowest BCUT2D eigenvalue weighted by Crippen LogP contribution is -2.38. The molecular weight excluding hydrogens is 510 g/mol. The highest BCUT2D eigenvalue weighted by Gasteiger charge is 2.33. The molecule has 9 heteroatoms. The van der Waals surface area contributed by atoms with Crippen molar-refractivity contribution in [3.8, 4) is 17.2 Å². The first-order valence-electron chi connectivity index (χ1n) is 13.5. The van der Waals surface area contributed by atoms with Gasteiger partial charge in [0.2, 0.25) is 0 Å². The Morgan fingerprint density at radius 3 is 2.62 bits per heavy atom. The van der Waals surface area contributed by atoms with E-state index >= 15 is 0 Å². The van der Waals surface area contributed by atoms with Crippen molar-refractivity contribution in [2.75, 3.05) is 64.3 Å². The number of hydrogen-bond donors (Lipinski definition) is 2. The highest BCUT2D eigenvalue weighted by atomic mass is 16.5. The molecule has 0 radical (unpaired) electrons. The zero-order chi connectivity index (χ0) is 27.5. The lowest BCUT2D eigenvalue weighted by Gasteiger charge is -2.26. The molecule has 3 aliphatic rings. The molecule has 1 amide bonds. The third-order valence-electron chi connectivity index (χ3n) is 7.44. The molecule has 3 heterocycles. The molecule has 0 aromatic heterocycles. The lowest BCUT2D eigenvalue weighted by molar-refractivity contribution is -0.110. The lowest BCUT2D eigenvalue weighted by atomic mass is 10.00. The number of methoxy groups -OCH3 is 2. The maximum Gasteiger partial charge on any atom is 0.260 e.